The number of benzene rings is 1. The molecule has 0 aliphatic carbocycles. The predicted octanol–water partition coefficient (Wildman–Crippen LogP) is 2.39. The Bertz CT molecular complexity index is 1990. The van der Waals surface area contributed by atoms with Crippen LogP contribution in [0.15, 0.2) is 39.7 Å². The summed E-state index contributed by atoms with van der Waals surface area (Å²) in [5, 5.41) is 47.0. The molecule has 22 nitrogen and oxygen atoms in total. The van der Waals surface area contributed by atoms with Gasteiger partial charge in [0.2, 0.25) is 11.8 Å². The van der Waals surface area contributed by atoms with E-state index in [2.05, 4.69) is 31.4 Å². The van der Waals surface area contributed by atoms with E-state index in [0.717, 1.165) is 5.56 Å². The fourth-order valence-corrected chi connectivity index (χ4v) is 7.78. The maximum Gasteiger partial charge on any atom is 0.326 e. The summed E-state index contributed by atoms with van der Waals surface area (Å²) in [5.74, 6) is -9.36. The van der Waals surface area contributed by atoms with Crippen LogP contribution in [0.5, 0.6) is 0 Å². The summed E-state index contributed by atoms with van der Waals surface area (Å²) in [4.78, 5) is 109. The molecule has 1 aromatic carbocycles. The third kappa shape index (κ3) is 25.6. The first-order valence-electron chi connectivity index (χ1n) is 21.8. The number of carbonyl (C=O) groups is 9. The molecule has 0 fully saturated rings. The van der Waals surface area contributed by atoms with Gasteiger partial charge in [-0.15, -0.1) is 5.10 Å². The fourth-order valence-electron chi connectivity index (χ4n) is 6.42. The second-order valence-electron chi connectivity index (χ2n) is 15.8. The van der Waals surface area contributed by atoms with Crippen molar-refractivity contribution in [2.24, 2.45) is 21.4 Å². The number of carboxylic acid groups (broad SMARTS) is 3. The second-order valence-corrected chi connectivity index (χ2v) is 18.0. The molecule has 1 aliphatic rings. The highest BCUT2D eigenvalue weighted by Crippen LogP contribution is 2.16. The number of amides is 3. The zero-order valence-corrected chi connectivity index (χ0v) is 38.0. The lowest BCUT2D eigenvalue weighted by molar-refractivity contribution is -0.145. The smallest absolute Gasteiger partial charge is 0.326 e. The Balaban J connectivity index is 1.55. The molecule has 3 amide bonds. The fraction of sp³-hybridized carbons (Fsp3) is 0.628. The quantitative estimate of drug-likeness (QED) is 0.0518. The zero-order chi connectivity index (χ0) is 48.9. The number of carboxylic acids is 3. The van der Waals surface area contributed by atoms with Crippen molar-refractivity contribution in [2.75, 3.05) is 51.0 Å². The van der Waals surface area contributed by atoms with Crippen molar-refractivity contribution in [3.8, 4) is 0 Å². The highest BCUT2D eigenvalue weighted by atomic mass is 32.2. The number of aliphatic carboxylic acids is 3. The first-order valence-corrected chi connectivity index (χ1v) is 23.6. The maximum absolute atomic E-state index is 12.5. The third-order valence-electron chi connectivity index (χ3n) is 10.1. The number of unbranched alkanes of at least 4 members (excludes halogenated alkanes) is 1. The molecule has 1 aliphatic heterocycles. The number of nitrogens with one attached hydrogen (secondary N) is 3. The van der Waals surface area contributed by atoms with Crippen molar-refractivity contribution >= 4 is 68.5 Å². The number of sulfone groups is 1. The second kappa shape index (κ2) is 31.2. The summed E-state index contributed by atoms with van der Waals surface area (Å²) >= 11 is 0. The van der Waals surface area contributed by atoms with Gasteiger partial charge in [0, 0.05) is 57.2 Å². The normalized spacial score (nSPS) is 13.5. The Hall–Kier alpha value is -5.81. The summed E-state index contributed by atoms with van der Waals surface area (Å²) in [5.41, 5.74) is 2.26. The molecule has 0 aromatic heterocycles. The van der Waals surface area contributed by atoms with Crippen molar-refractivity contribution in [1.82, 2.24) is 16.0 Å². The van der Waals surface area contributed by atoms with E-state index in [-0.39, 0.29) is 89.3 Å². The molecular formula is C43H62N6O16S. The van der Waals surface area contributed by atoms with Gasteiger partial charge in [-0.2, -0.15) is 5.11 Å². The Morgan fingerprint density at radius 1 is 0.682 bits per heavy atom. The van der Waals surface area contributed by atoms with Gasteiger partial charge in [-0.1, -0.05) is 17.7 Å². The zero-order valence-electron chi connectivity index (χ0n) is 37.2. The molecule has 3 atom stereocenters. The average molecular weight is 951 g/mol. The van der Waals surface area contributed by atoms with Gasteiger partial charge in [-0.25, -0.2) is 18.0 Å². The van der Waals surface area contributed by atoms with Crippen molar-refractivity contribution in [3.63, 3.8) is 0 Å². The average Bonchev–Trinajstić information content (AvgIpc) is 3.77. The summed E-state index contributed by atoms with van der Waals surface area (Å²) in [6.45, 7) is 2.43. The van der Waals surface area contributed by atoms with Crippen LogP contribution in [0.3, 0.4) is 0 Å². The van der Waals surface area contributed by atoms with Crippen molar-refractivity contribution in [1.29, 1.82) is 0 Å². The SMILES string of the molecule is Cc1ccc(C(=O)NCCCCC(NC(=O)COCCOCCCC(=O)CCC(NC(=O)CCC(CC(=O)CCCS(=O)(=O)CC(=O)CCCC2=NN=NC2)C(=O)O)C(=O)O)C(=O)O)cc1. The molecule has 1 aromatic rings. The standard InChI is InChI=1S/C43H62N6O16S/c1-29-12-14-30(15-13-29)40(55)44-20-3-2-11-36(42(58)59)47-39(54)27-65-23-22-64-21-5-9-33(50)17-18-37(43(60)61)46-38(53)19-16-31(41(56)57)25-34(51)10-6-24-66(62,63)28-35(52)8-4-7-32-26-45-49-48-32/h12-15,31,36-37H,2-11,16-28H2,1H3,(H,44,55)(H,46,53)(H,47,54)(H,56,57)(H,58,59)(H,60,61). The van der Waals surface area contributed by atoms with Crippen LogP contribution < -0.4 is 16.0 Å². The van der Waals surface area contributed by atoms with Gasteiger partial charge in [-0.3, -0.25) is 33.6 Å². The van der Waals surface area contributed by atoms with Crippen LogP contribution in [0.2, 0.25) is 0 Å². The van der Waals surface area contributed by atoms with Gasteiger partial charge >= 0.3 is 17.9 Å². The van der Waals surface area contributed by atoms with Crippen LogP contribution in [0, 0.1) is 12.8 Å². The molecule has 3 unspecified atom stereocenters. The van der Waals surface area contributed by atoms with Gasteiger partial charge < -0.3 is 40.7 Å². The van der Waals surface area contributed by atoms with Gasteiger partial charge in [0.1, 0.15) is 48.3 Å². The molecule has 2 rings (SSSR count). The number of Topliss-reactive ketones (excluding diaryl/α,β-unsaturated/α-hetero) is 3. The molecule has 366 valence electrons. The van der Waals surface area contributed by atoms with E-state index in [9.17, 15) is 66.9 Å². The number of ketones is 3. The highest BCUT2D eigenvalue weighted by molar-refractivity contribution is 7.92. The summed E-state index contributed by atoms with van der Waals surface area (Å²) in [6.07, 6.45) is 0.334. The number of ether oxygens (including phenoxy) is 2. The van der Waals surface area contributed by atoms with Gasteiger partial charge in [0.25, 0.3) is 5.91 Å². The van der Waals surface area contributed by atoms with Crippen LogP contribution >= 0.6 is 0 Å². The lowest BCUT2D eigenvalue weighted by Gasteiger charge is -2.16. The lowest BCUT2D eigenvalue weighted by Crippen LogP contribution is -2.42. The Labute approximate surface area is 383 Å². The van der Waals surface area contributed by atoms with E-state index in [4.69, 9.17) is 9.47 Å². The number of aryl methyl sites for hydroxylation is 1. The number of carbonyl (C=O) groups excluding carboxylic acids is 6. The van der Waals surface area contributed by atoms with Crippen LogP contribution in [0.4, 0.5) is 0 Å². The van der Waals surface area contributed by atoms with Crippen molar-refractivity contribution in [2.45, 2.75) is 115 Å². The van der Waals surface area contributed by atoms with E-state index in [1.54, 1.807) is 12.1 Å². The number of hydrogen-bond donors (Lipinski definition) is 6. The van der Waals surface area contributed by atoms with Gasteiger partial charge in [0.15, 0.2) is 9.84 Å². The van der Waals surface area contributed by atoms with E-state index < -0.39 is 100 Å². The maximum atomic E-state index is 12.5. The van der Waals surface area contributed by atoms with Crippen LogP contribution in [0.25, 0.3) is 0 Å². The number of rotatable bonds is 38. The molecule has 1 heterocycles. The van der Waals surface area contributed by atoms with E-state index in [1.165, 1.54) is 0 Å². The largest absolute Gasteiger partial charge is 0.481 e. The molecule has 6 N–H and O–H groups in total. The van der Waals surface area contributed by atoms with Crippen LogP contribution in [0.1, 0.15) is 112 Å². The van der Waals surface area contributed by atoms with E-state index in [0.29, 0.717) is 50.0 Å². The Kier molecular flexibility index (Phi) is 26.6. The predicted molar refractivity (Wildman–Crippen MR) is 235 cm³/mol. The van der Waals surface area contributed by atoms with Gasteiger partial charge in [0.05, 0.1) is 30.6 Å². The Morgan fingerprint density at radius 3 is 2.00 bits per heavy atom. The minimum atomic E-state index is -3.79. The monoisotopic (exact) mass is 950 g/mol. The molecule has 0 saturated carbocycles. The summed E-state index contributed by atoms with van der Waals surface area (Å²) in [7, 11) is -3.79. The molecule has 0 spiro atoms. The van der Waals surface area contributed by atoms with Crippen molar-refractivity contribution < 1.29 is 76.4 Å². The van der Waals surface area contributed by atoms with Crippen LogP contribution in [-0.2, 0) is 57.7 Å². The Morgan fingerprint density at radius 2 is 1.33 bits per heavy atom. The lowest BCUT2D eigenvalue weighted by atomic mass is 9.95. The minimum Gasteiger partial charge on any atom is -0.481 e. The molecule has 66 heavy (non-hydrogen) atoms. The molecule has 23 heteroatoms. The highest BCUT2D eigenvalue weighted by Gasteiger charge is 2.26. The number of hydrogen-bond acceptors (Lipinski definition) is 16. The molecule has 0 saturated heterocycles. The van der Waals surface area contributed by atoms with Crippen molar-refractivity contribution in [3.05, 3.63) is 35.4 Å². The third-order valence-corrected chi connectivity index (χ3v) is 11.8. The summed E-state index contributed by atoms with van der Waals surface area (Å²) in [6, 6.07) is 4.51. The summed E-state index contributed by atoms with van der Waals surface area (Å²) < 4.78 is 35.4. The first kappa shape index (κ1) is 56.3. The first-order chi connectivity index (χ1) is 31.3. The van der Waals surface area contributed by atoms with E-state index in [1.807, 2.05) is 19.1 Å². The molecular weight excluding hydrogens is 889 g/mol. The minimum absolute atomic E-state index is 0.00796. The molecule has 0 radical (unpaired) electrons. The van der Waals surface area contributed by atoms with E-state index >= 15 is 0 Å². The van der Waals surface area contributed by atoms with Crippen LogP contribution in [-0.4, -0.2) is 146 Å². The molecule has 0 bridgehead atoms. The van der Waals surface area contributed by atoms with Gasteiger partial charge in [-0.05, 0) is 82.1 Å². The number of nitrogens with zero attached hydrogens (tertiary/aromatic N) is 3. The topological polar surface area (TPSA) is 340 Å².